The monoisotopic (exact) mass is 367 g/mol. The van der Waals surface area contributed by atoms with Crippen molar-refractivity contribution in [1.82, 2.24) is 14.8 Å². The lowest BCUT2D eigenvalue weighted by atomic mass is 10.2. The highest BCUT2D eigenvalue weighted by atomic mass is 32.2. The number of ether oxygens (including phenoxy) is 1. The molecule has 2 aromatic heterocycles. The van der Waals surface area contributed by atoms with E-state index in [0.717, 1.165) is 15.8 Å². The Bertz CT molecular complexity index is 1030. The first-order chi connectivity index (χ1) is 12.6. The fourth-order valence-electron chi connectivity index (χ4n) is 2.39. The van der Waals surface area contributed by atoms with Crippen LogP contribution in [0.5, 0.6) is 5.88 Å². The zero-order valence-electron chi connectivity index (χ0n) is 14.0. The predicted octanol–water partition coefficient (Wildman–Crippen LogP) is 2.39. The van der Waals surface area contributed by atoms with Crippen LogP contribution in [0, 0.1) is 5.41 Å². The molecule has 2 heterocycles. The Hall–Kier alpha value is -3.13. The molecule has 0 amide bonds. The van der Waals surface area contributed by atoms with Crippen LogP contribution in [0.4, 0.5) is 0 Å². The van der Waals surface area contributed by atoms with Crippen LogP contribution in [0.3, 0.4) is 0 Å². The SMILES string of the molecule is COc1ccc(Cn2ncc3cc(SC(=N)/C=C\N)ccc3c2=O)cn1. The first-order valence-corrected chi connectivity index (χ1v) is 8.56. The van der Waals surface area contributed by atoms with E-state index in [1.807, 2.05) is 18.2 Å². The summed E-state index contributed by atoms with van der Waals surface area (Å²) in [6.07, 6.45) is 6.15. The molecule has 7 nitrogen and oxygen atoms in total. The number of thioether (sulfide) groups is 1. The molecule has 1 aromatic carbocycles. The number of aromatic nitrogens is 3. The number of fused-ring (bicyclic) bond motifs is 1. The summed E-state index contributed by atoms with van der Waals surface area (Å²) in [4.78, 5) is 17.7. The summed E-state index contributed by atoms with van der Waals surface area (Å²) in [6.45, 7) is 0.328. The minimum atomic E-state index is -0.174. The van der Waals surface area contributed by atoms with Gasteiger partial charge in [0.1, 0.15) is 0 Å². The summed E-state index contributed by atoms with van der Waals surface area (Å²) in [7, 11) is 1.55. The Morgan fingerprint density at radius 2 is 2.19 bits per heavy atom. The van der Waals surface area contributed by atoms with E-state index >= 15 is 0 Å². The number of nitrogens with two attached hydrogens (primary N) is 1. The van der Waals surface area contributed by atoms with E-state index in [2.05, 4.69) is 10.1 Å². The number of nitrogens with zero attached hydrogens (tertiary/aromatic N) is 3. The predicted molar refractivity (Wildman–Crippen MR) is 103 cm³/mol. The second-order valence-electron chi connectivity index (χ2n) is 5.39. The number of rotatable bonds is 5. The molecule has 8 heteroatoms. The van der Waals surface area contributed by atoms with Crippen molar-refractivity contribution in [3.05, 3.63) is 70.9 Å². The van der Waals surface area contributed by atoms with Gasteiger partial charge in [-0.1, -0.05) is 17.8 Å². The minimum Gasteiger partial charge on any atom is -0.481 e. The highest BCUT2D eigenvalue weighted by molar-refractivity contribution is 8.14. The van der Waals surface area contributed by atoms with E-state index in [4.69, 9.17) is 15.9 Å². The Kier molecular flexibility index (Phi) is 5.33. The molecule has 0 aliphatic carbocycles. The molecule has 0 fully saturated rings. The molecule has 0 saturated heterocycles. The smallest absolute Gasteiger partial charge is 0.274 e. The summed E-state index contributed by atoms with van der Waals surface area (Å²) in [5.74, 6) is 0.521. The standard InChI is InChI=1S/C18H17N5O2S/c1-25-17-5-2-12(9-21-17)11-23-18(24)15-4-3-14(8-13(15)10-22-23)26-16(20)6-7-19/h2-10,20H,11,19H2,1H3/b7-6-,20-16?. The number of hydrogen-bond acceptors (Lipinski definition) is 7. The Labute approximate surface area is 154 Å². The maximum absolute atomic E-state index is 12.7. The molecule has 0 bridgehead atoms. The van der Waals surface area contributed by atoms with E-state index in [0.29, 0.717) is 22.9 Å². The second-order valence-corrected chi connectivity index (χ2v) is 6.51. The topological polar surface area (TPSA) is 107 Å². The van der Waals surface area contributed by atoms with Gasteiger partial charge in [0, 0.05) is 22.5 Å². The normalized spacial score (nSPS) is 11.1. The van der Waals surface area contributed by atoms with Gasteiger partial charge in [0.25, 0.3) is 5.56 Å². The van der Waals surface area contributed by atoms with Crippen molar-refractivity contribution >= 4 is 27.6 Å². The highest BCUT2D eigenvalue weighted by Crippen LogP contribution is 2.23. The van der Waals surface area contributed by atoms with Gasteiger partial charge >= 0.3 is 0 Å². The average molecular weight is 367 g/mol. The van der Waals surface area contributed by atoms with Gasteiger partial charge in [-0.05, 0) is 36.0 Å². The molecule has 26 heavy (non-hydrogen) atoms. The lowest BCUT2D eigenvalue weighted by molar-refractivity contribution is 0.397. The molecule has 3 N–H and O–H groups in total. The van der Waals surface area contributed by atoms with Gasteiger partial charge in [-0.3, -0.25) is 10.2 Å². The number of pyridine rings is 1. The maximum Gasteiger partial charge on any atom is 0.274 e. The summed E-state index contributed by atoms with van der Waals surface area (Å²) < 4.78 is 6.43. The van der Waals surface area contributed by atoms with Gasteiger partial charge in [0.15, 0.2) is 0 Å². The van der Waals surface area contributed by atoms with Crippen molar-refractivity contribution < 1.29 is 4.74 Å². The molecular weight excluding hydrogens is 350 g/mol. The molecule has 0 saturated carbocycles. The van der Waals surface area contributed by atoms with E-state index in [1.165, 1.54) is 28.7 Å². The first-order valence-electron chi connectivity index (χ1n) is 7.74. The van der Waals surface area contributed by atoms with Crippen molar-refractivity contribution in [3.63, 3.8) is 0 Å². The van der Waals surface area contributed by atoms with Crippen LogP contribution in [-0.2, 0) is 6.54 Å². The molecule has 0 aliphatic heterocycles. The lowest BCUT2D eigenvalue weighted by Crippen LogP contribution is -2.23. The lowest BCUT2D eigenvalue weighted by Gasteiger charge is -2.07. The van der Waals surface area contributed by atoms with Crippen LogP contribution in [0.1, 0.15) is 5.56 Å². The van der Waals surface area contributed by atoms with Crippen molar-refractivity contribution in [3.8, 4) is 5.88 Å². The Morgan fingerprint density at radius 3 is 2.88 bits per heavy atom. The fourth-order valence-corrected chi connectivity index (χ4v) is 3.11. The first kappa shape index (κ1) is 17.7. The van der Waals surface area contributed by atoms with E-state index in [-0.39, 0.29) is 5.56 Å². The second kappa shape index (κ2) is 7.83. The number of hydrogen-bond donors (Lipinski definition) is 2. The highest BCUT2D eigenvalue weighted by Gasteiger charge is 2.07. The van der Waals surface area contributed by atoms with Gasteiger partial charge in [0.2, 0.25) is 5.88 Å². The third-order valence-electron chi connectivity index (χ3n) is 3.64. The largest absolute Gasteiger partial charge is 0.481 e. The Balaban J connectivity index is 1.88. The van der Waals surface area contributed by atoms with Crippen LogP contribution in [0.2, 0.25) is 0 Å². The summed E-state index contributed by atoms with van der Waals surface area (Å²) in [6, 6.07) is 9.00. The number of nitrogens with one attached hydrogen (secondary N) is 1. The van der Waals surface area contributed by atoms with Crippen LogP contribution in [0.15, 0.2) is 64.7 Å². The van der Waals surface area contributed by atoms with E-state index in [9.17, 15) is 4.79 Å². The molecule has 0 radical (unpaired) electrons. The fraction of sp³-hybridized carbons (Fsp3) is 0.111. The third kappa shape index (κ3) is 3.92. The van der Waals surface area contributed by atoms with Crippen LogP contribution >= 0.6 is 11.8 Å². The quantitative estimate of drug-likeness (QED) is 0.407. The third-order valence-corrected chi connectivity index (χ3v) is 4.48. The van der Waals surface area contributed by atoms with Crippen LogP contribution < -0.4 is 16.0 Å². The van der Waals surface area contributed by atoms with Crippen molar-refractivity contribution in [2.24, 2.45) is 5.73 Å². The van der Waals surface area contributed by atoms with Gasteiger partial charge in [-0.15, -0.1) is 0 Å². The van der Waals surface area contributed by atoms with Gasteiger partial charge in [0.05, 0.1) is 30.3 Å². The van der Waals surface area contributed by atoms with E-state index < -0.39 is 0 Å². The van der Waals surface area contributed by atoms with Gasteiger partial charge in [-0.2, -0.15) is 5.10 Å². The van der Waals surface area contributed by atoms with Crippen molar-refractivity contribution in [2.75, 3.05) is 7.11 Å². The molecule has 0 atom stereocenters. The molecule has 0 spiro atoms. The molecule has 0 aliphatic rings. The summed E-state index contributed by atoms with van der Waals surface area (Å²) >= 11 is 1.26. The summed E-state index contributed by atoms with van der Waals surface area (Å²) in [5.41, 5.74) is 5.97. The average Bonchev–Trinajstić information content (AvgIpc) is 2.65. The zero-order valence-corrected chi connectivity index (χ0v) is 14.9. The molecule has 0 unspecified atom stereocenters. The minimum absolute atomic E-state index is 0.174. The number of methoxy groups -OCH3 is 1. The van der Waals surface area contributed by atoms with Gasteiger partial charge in [-0.25, -0.2) is 9.67 Å². The molecule has 132 valence electrons. The van der Waals surface area contributed by atoms with Crippen molar-refractivity contribution in [2.45, 2.75) is 11.4 Å². The van der Waals surface area contributed by atoms with E-state index in [1.54, 1.807) is 31.6 Å². The van der Waals surface area contributed by atoms with Crippen LogP contribution in [-0.4, -0.2) is 26.9 Å². The van der Waals surface area contributed by atoms with Gasteiger partial charge < -0.3 is 10.5 Å². The summed E-state index contributed by atoms with van der Waals surface area (Å²) in [5, 5.41) is 13.6. The zero-order chi connectivity index (χ0) is 18.5. The number of benzene rings is 1. The maximum atomic E-state index is 12.7. The molecular formula is C18H17N5O2S. The van der Waals surface area contributed by atoms with Crippen molar-refractivity contribution in [1.29, 1.82) is 5.41 Å². The van der Waals surface area contributed by atoms with Crippen LogP contribution in [0.25, 0.3) is 10.8 Å². The Morgan fingerprint density at radius 1 is 1.35 bits per heavy atom. The molecule has 3 aromatic rings. The molecule has 3 rings (SSSR count).